The summed E-state index contributed by atoms with van der Waals surface area (Å²) in [6, 6.07) is 29.5. The fourth-order valence-electron chi connectivity index (χ4n) is 5.53. The van der Waals surface area contributed by atoms with Crippen molar-refractivity contribution < 1.29 is 34.1 Å². The van der Waals surface area contributed by atoms with Crippen LogP contribution in [-0.4, -0.2) is 53.4 Å². The largest absolute Gasteiger partial charge is 0.480 e. The molecule has 4 rings (SSSR count). The molecule has 2 atom stereocenters. The first-order valence-electron chi connectivity index (χ1n) is 15.6. The van der Waals surface area contributed by atoms with E-state index >= 15 is 0 Å². The highest BCUT2D eigenvalue weighted by atomic mass is 16.6. The predicted octanol–water partition coefficient (Wildman–Crippen LogP) is 7.41. The molecule has 0 heterocycles. The minimum absolute atomic E-state index is 0.156. The molecular formula is C37H42O7. The summed E-state index contributed by atoms with van der Waals surface area (Å²) >= 11 is 0. The normalized spacial score (nSPS) is 12.7. The van der Waals surface area contributed by atoms with Crippen LogP contribution in [0.15, 0.2) is 84.9 Å². The molecule has 0 aliphatic heterocycles. The van der Waals surface area contributed by atoms with Crippen molar-refractivity contribution in [2.24, 2.45) is 0 Å². The molecule has 44 heavy (non-hydrogen) atoms. The summed E-state index contributed by atoms with van der Waals surface area (Å²) in [6.07, 6.45) is 4.81. The molecule has 7 nitrogen and oxygen atoms in total. The third-order valence-corrected chi connectivity index (χ3v) is 7.90. The SMILES string of the molecule is O=C(O)CO[C@@H](C(=O)O)[C@@H](OCCCCCc1ccc2ccccc2c1)C(=O)CCCCCCc1ccc2ccccc2c1. The van der Waals surface area contributed by atoms with Crippen LogP contribution in [-0.2, 0) is 36.7 Å². The van der Waals surface area contributed by atoms with E-state index in [2.05, 4.69) is 60.7 Å². The van der Waals surface area contributed by atoms with Gasteiger partial charge in [0.25, 0.3) is 0 Å². The monoisotopic (exact) mass is 598 g/mol. The van der Waals surface area contributed by atoms with Gasteiger partial charge in [0, 0.05) is 13.0 Å². The summed E-state index contributed by atoms with van der Waals surface area (Å²) in [6.45, 7) is -0.620. The van der Waals surface area contributed by atoms with E-state index in [4.69, 9.17) is 14.6 Å². The Bertz CT molecular complexity index is 1530. The van der Waals surface area contributed by atoms with E-state index in [1.807, 2.05) is 24.3 Å². The lowest BCUT2D eigenvalue weighted by atomic mass is 10.00. The average Bonchev–Trinajstić information content (AvgIpc) is 3.02. The van der Waals surface area contributed by atoms with Crippen LogP contribution in [0.4, 0.5) is 0 Å². The van der Waals surface area contributed by atoms with Gasteiger partial charge in [-0.2, -0.15) is 0 Å². The number of Topliss-reactive ketones (excluding diaryl/α,β-unsaturated/α-hetero) is 1. The minimum atomic E-state index is -1.66. The van der Waals surface area contributed by atoms with Crippen LogP contribution in [0.3, 0.4) is 0 Å². The maximum atomic E-state index is 13.1. The van der Waals surface area contributed by atoms with E-state index in [1.54, 1.807) is 0 Å². The quantitative estimate of drug-likeness (QED) is 0.102. The first kappa shape index (κ1) is 32.8. The number of carbonyl (C=O) groups excluding carboxylic acids is 1. The molecule has 0 radical (unpaired) electrons. The third-order valence-electron chi connectivity index (χ3n) is 7.90. The Morgan fingerprint density at radius 3 is 1.64 bits per heavy atom. The number of carboxylic acid groups (broad SMARTS) is 2. The van der Waals surface area contributed by atoms with Gasteiger partial charge < -0.3 is 19.7 Å². The highest BCUT2D eigenvalue weighted by Crippen LogP contribution is 2.20. The smallest absolute Gasteiger partial charge is 0.336 e. The molecular weight excluding hydrogens is 556 g/mol. The van der Waals surface area contributed by atoms with Crippen molar-refractivity contribution in [1.29, 1.82) is 0 Å². The van der Waals surface area contributed by atoms with Crippen LogP contribution in [0.25, 0.3) is 21.5 Å². The highest BCUT2D eigenvalue weighted by Gasteiger charge is 2.35. The molecule has 0 aromatic heterocycles. The van der Waals surface area contributed by atoms with Gasteiger partial charge in [-0.3, -0.25) is 4.79 Å². The Labute approximate surface area is 258 Å². The number of carbonyl (C=O) groups is 3. The summed E-state index contributed by atoms with van der Waals surface area (Å²) in [5, 5.41) is 23.6. The lowest BCUT2D eigenvalue weighted by molar-refractivity contribution is -0.172. The Morgan fingerprint density at radius 2 is 1.09 bits per heavy atom. The fourth-order valence-corrected chi connectivity index (χ4v) is 5.53. The molecule has 0 aliphatic rings. The third kappa shape index (κ3) is 10.3. The predicted molar refractivity (Wildman–Crippen MR) is 172 cm³/mol. The zero-order chi connectivity index (χ0) is 31.1. The van der Waals surface area contributed by atoms with E-state index in [-0.39, 0.29) is 18.8 Å². The van der Waals surface area contributed by atoms with Crippen molar-refractivity contribution in [3.8, 4) is 0 Å². The van der Waals surface area contributed by atoms with Crippen LogP contribution in [0.5, 0.6) is 0 Å². The number of benzene rings is 4. The Hall–Kier alpha value is -4.07. The van der Waals surface area contributed by atoms with Crippen molar-refractivity contribution in [2.45, 2.75) is 76.4 Å². The zero-order valence-corrected chi connectivity index (χ0v) is 25.2. The molecule has 4 aromatic rings. The number of hydrogen-bond acceptors (Lipinski definition) is 5. The average molecular weight is 599 g/mol. The first-order chi connectivity index (χ1) is 21.4. The number of carboxylic acids is 2. The van der Waals surface area contributed by atoms with Crippen molar-refractivity contribution in [2.75, 3.05) is 13.2 Å². The molecule has 0 spiro atoms. The van der Waals surface area contributed by atoms with Gasteiger partial charge in [-0.1, -0.05) is 104 Å². The molecule has 0 saturated carbocycles. The number of aryl methyl sites for hydroxylation is 2. The van der Waals surface area contributed by atoms with Crippen molar-refractivity contribution in [3.63, 3.8) is 0 Å². The molecule has 2 N–H and O–H groups in total. The number of unbranched alkanes of at least 4 members (excludes halogenated alkanes) is 5. The molecule has 4 aromatic carbocycles. The van der Waals surface area contributed by atoms with Crippen molar-refractivity contribution >= 4 is 39.3 Å². The maximum absolute atomic E-state index is 13.1. The van der Waals surface area contributed by atoms with Gasteiger partial charge >= 0.3 is 11.9 Å². The fraction of sp³-hybridized carbons (Fsp3) is 0.378. The van der Waals surface area contributed by atoms with Gasteiger partial charge in [0.05, 0.1) is 0 Å². The Balaban J connectivity index is 1.20. The second-order valence-corrected chi connectivity index (χ2v) is 11.3. The van der Waals surface area contributed by atoms with Gasteiger partial charge in [-0.25, -0.2) is 9.59 Å². The standard InChI is InChI=1S/C37H42O7/c38-33(18-6-2-1-4-12-27-19-21-29-14-7-9-16-31(29)24-27)35(36(37(41)42)44-26-34(39)40)43-23-11-3-5-13-28-20-22-30-15-8-10-17-32(30)25-28/h7-10,14-17,19-22,24-25,35-36H,1-6,11-13,18,23,26H2,(H,39,40)(H,41,42)/t35-,36+/m0/s1. The van der Waals surface area contributed by atoms with Crippen LogP contribution in [0, 0.1) is 0 Å². The molecule has 232 valence electrons. The zero-order valence-electron chi connectivity index (χ0n) is 25.2. The Morgan fingerprint density at radius 1 is 0.568 bits per heavy atom. The van der Waals surface area contributed by atoms with E-state index in [9.17, 15) is 19.5 Å². The van der Waals surface area contributed by atoms with E-state index in [0.717, 1.165) is 44.9 Å². The number of aliphatic carboxylic acids is 2. The molecule has 0 unspecified atom stereocenters. The summed E-state index contributed by atoms with van der Waals surface area (Å²) < 4.78 is 10.9. The van der Waals surface area contributed by atoms with Crippen LogP contribution in [0.2, 0.25) is 0 Å². The molecule has 0 saturated heterocycles. The lowest BCUT2D eigenvalue weighted by Gasteiger charge is -2.23. The second-order valence-electron chi connectivity index (χ2n) is 11.3. The molecule has 7 heteroatoms. The van der Waals surface area contributed by atoms with Crippen LogP contribution < -0.4 is 0 Å². The summed E-state index contributed by atoms with van der Waals surface area (Å²) in [7, 11) is 0. The molecule has 0 aliphatic carbocycles. The van der Waals surface area contributed by atoms with Gasteiger partial charge in [-0.15, -0.1) is 0 Å². The lowest BCUT2D eigenvalue weighted by Crippen LogP contribution is -2.44. The highest BCUT2D eigenvalue weighted by molar-refractivity contribution is 5.89. The van der Waals surface area contributed by atoms with Gasteiger partial charge in [0.15, 0.2) is 18.0 Å². The van der Waals surface area contributed by atoms with E-state index in [1.165, 1.54) is 32.7 Å². The maximum Gasteiger partial charge on any atom is 0.336 e. The van der Waals surface area contributed by atoms with Crippen molar-refractivity contribution in [1.82, 2.24) is 0 Å². The second kappa shape index (κ2) is 17.3. The number of ketones is 1. The van der Waals surface area contributed by atoms with Crippen LogP contribution in [0.1, 0.15) is 62.5 Å². The van der Waals surface area contributed by atoms with Gasteiger partial charge in [0.1, 0.15) is 6.61 Å². The number of rotatable bonds is 20. The summed E-state index contributed by atoms with van der Waals surface area (Å²) in [5.74, 6) is -3.08. The molecule has 0 amide bonds. The van der Waals surface area contributed by atoms with E-state index < -0.39 is 30.8 Å². The van der Waals surface area contributed by atoms with Crippen molar-refractivity contribution in [3.05, 3.63) is 96.1 Å². The topological polar surface area (TPSA) is 110 Å². The summed E-state index contributed by atoms with van der Waals surface area (Å²) in [4.78, 5) is 36.1. The first-order valence-corrected chi connectivity index (χ1v) is 15.6. The number of fused-ring (bicyclic) bond motifs is 2. The van der Waals surface area contributed by atoms with Crippen LogP contribution >= 0.6 is 0 Å². The number of hydrogen-bond donors (Lipinski definition) is 2. The molecule has 0 fully saturated rings. The minimum Gasteiger partial charge on any atom is -0.480 e. The van der Waals surface area contributed by atoms with Gasteiger partial charge in [-0.05, 0) is 71.2 Å². The molecule has 0 bridgehead atoms. The van der Waals surface area contributed by atoms with Gasteiger partial charge in [0.2, 0.25) is 0 Å². The number of ether oxygens (including phenoxy) is 2. The van der Waals surface area contributed by atoms with E-state index in [0.29, 0.717) is 12.8 Å². The summed E-state index contributed by atoms with van der Waals surface area (Å²) in [5.41, 5.74) is 2.54. The Kier molecular flexibility index (Phi) is 12.9.